The van der Waals surface area contributed by atoms with Crippen LogP contribution >= 0.6 is 0 Å². The smallest absolute Gasteiger partial charge is 0.308 e. The van der Waals surface area contributed by atoms with Crippen LogP contribution in [0.3, 0.4) is 0 Å². The zero-order chi connectivity index (χ0) is 16.2. The molecule has 2 aliphatic rings. The minimum absolute atomic E-state index is 0.0134. The Labute approximate surface area is 137 Å². The molecular formula is C18H24N2O3. The summed E-state index contributed by atoms with van der Waals surface area (Å²) in [6.45, 7) is 1.90. The number of nitrogens with zero attached hydrogens (tertiary/aromatic N) is 1. The molecule has 0 aromatic heterocycles. The zero-order valence-corrected chi connectivity index (χ0v) is 13.6. The third-order valence-electron chi connectivity index (χ3n) is 4.87. The van der Waals surface area contributed by atoms with Crippen LogP contribution < -0.4 is 5.32 Å². The van der Waals surface area contributed by atoms with E-state index >= 15 is 0 Å². The number of anilines is 1. The van der Waals surface area contributed by atoms with E-state index in [9.17, 15) is 9.59 Å². The largest absolute Gasteiger partial charge is 0.469 e. The van der Waals surface area contributed by atoms with Gasteiger partial charge in [-0.25, -0.2) is 0 Å². The highest BCUT2D eigenvalue weighted by molar-refractivity contribution is 5.92. The van der Waals surface area contributed by atoms with Crippen molar-refractivity contribution in [3.63, 3.8) is 0 Å². The van der Waals surface area contributed by atoms with Crippen LogP contribution in [0.2, 0.25) is 0 Å². The number of rotatable bonds is 4. The fraction of sp³-hybridized carbons (Fsp3) is 0.556. The van der Waals surface area contributed by atoms with Gasteiger partial charge in [-0.2, -0.15) is 0 Å². The Morgan fingerprint density at radius 2 is 1.96 bits per heavy atom. The third kappa shape index (κ3) is 3.91. The SMILES string of the molecule is COC(=O)C1CCN(CC(=O)Nc2ccc3c(c2)CCC3)CC1. The quantitative estimate of drug-likeness (QED) is 0.863. The molecule has 1 fully saturated rings. The van der Waals surface area contributed by atoms with Crippen molar-refractivity contribution in [1.29, 1.82) is 0 Å². The van der Waals surface area contributed by atoms with Gasteiger partial charge in [-0.05, 0) is 68.5 Å². The lowest BCUT2D eigenvalue weighted by Gasteiger charge is -2.29. The number of amides is 1. The van der Waals surface area contributed by atoms with E-state index in [1.165, 1.54) is 24.7 Å². The maximum Gasteiger partial charge on any atom is 0.308 e. The molecule has 1 heterocycles. The number of likely N-dealkylation sites (tertiary alicyclic amines) is 1. The average molecular weight is 316 g/mol. The summed E-state index contributed by atoms with van der Waals surface area (Å²) in [5.41, 5.74) is 3.66. The molecule has 0 unspecified atom stereocenters. The van der Waals surface area contributed by atoms with Crippen LogP contribution in [-0.4, -0.2) is 43.5 Å². The monoisotopic (exact) mass is 316 g/mol. The van der Waals surface area contributed by atoms with Gasteiger partial charge in [0.25, 0.3) is 0 Å². The summed E-state index contributed by atoms with van der Waals surface area (Å²) in [5.74, 6) is -0.136. The Morgan fingerprint density at radius 3 is 2.70 bits per heavy atom. The number of methoxy groups -OCH3 is 1. The first kappa shape index (κ1) is 16.0. The van der Waals surface area contributed by atoms with Gasteiger partial charge >= 0.3 is 5.97 Å². The number of carbonyl (C=O) groups is 2. The number of piperidine rings is 1. The first-order chi connectivity index (χ1) is 11.2. The van der Waals surface area contributed by atoms with Gasteiger partial charge in [0.2, 0.25) is 5.91 Å². The molecule has 3 rings (SSSR count). The van der Waals surface area contributed by atoms with Gasteiger partial charge in [-0.15, -0.1) is 0 Å². The van der Waals surface area contributed by atoms with Crippen LogP contribution in [0.4, 0.5) is 5.69 Å². The van der Waals surface area contributed by atoms with E-state index in [1.807, 2.05) is 6.07 Å². The molecule has 0 bridgehead atoms. The van der Waals surface area contributed by atoms with Crippen LogP contribution in [0, 0.1) is 5.92 Å². The van der Waals surface area contributed by atoms with Gasteiger partial charge in [-0.1, -0.05) is 6.07 Å². The first-order valence-corrected chi connectivity index (χ1v) is 8.37. The van der Waals surface area contributed by atoms with Crippen molar-refractivity contribution in [2.75, 3.05) is 32.1 Å². The molecule has 1 aromatic rings. The second kappa shape index (κ2) is 7.13. The first-order valence-electron chi connectivity index (χ1n) is 8.37. The average Bonchev–Trinajstić information content (AvgIpc) is 3.02. The van der Waals surface area contributed by atoms with Crippen LogP contribution in [-0.2, 0) is 27.2 Å². The Balaban J connectivity index is 1.48. The molecular weight excluding hydrogens is 292 g/mol. The number of fused-ring (bicyclic) bond motifs is 1. The van der Waals surface area contributed by atoms with Gasteiger partial charge in [-0.3, -0.25) is 14.5 Å². The predicted molar refractivity (Wildman–Crippen MR) is 88.3 cm³/mol. The van der Waals surface area contributed by atoms with E-state index in [0.717, 1.165) is 44.5 Å². The summed E-state index contributed by atoms with van der Waals surface area (Å²) < 4.78 is 4.78. The minimum Gasteiger partial charge on any atom is -0.469 e. The highest BCUT2D eigenvalue weighted by Crippen LogP contribution is 2.25. The van der Waals surface area contributed by atoms with Crippen molar-refractivity contribution in [2.24, 2.45) is 5.92 Å². The van der Waals surface area contributed by atoms with Gasteiger partial charge < -0.3 is 10.1 Å². The second-order valence-corrected chi connectivity index (χ2v) is 6.46. The molecule has 0 saturated carbocycles. The van der Waals surface area contributed by atoms with Crippen molar-refractivity contribution >= 4 is 17.6 Å². The Bertz CT molecular complexity index is 592. The van der Waals surface area contributed by atoms with E-state index in [0.29, 0.717) is 6.54 Å². The molecule has 5 heteroatoms. The van der Waals surface area contributed by atoms with E-state index in [4.69, 9.17) is 4.74 Å². The molecule has 1 saturated heterocycles. The van der Waals surface area contributed by atoms with Gasteiger partial charge in [0.1, 0.15) is 0 Å². The maximum absolute atomic E-state index is 12.2. The lowest BCUT2D eigenvalue weighted by Crippen LogP contribution is -2.41. The lowest BCUT2D eigenvalue weighted by atomic mass is 9.97. The Kier molecular flexibility index (Phi) is 4.96. The number of ether oxygens (including phenoxy) is 1. The number of hydrogen-bond donors (Lipinski definition) is 1. The topological polar surface area (TPSA) is 58.6 Å². The summed E-state index contributed by atoms with van der Waals surface area (Å²) >= 11 is 0. The zero-order valence-electron chi connectivity index (χ0n) is 13.6. The number of carbonyl (C=O) groups excluding carboxylic acids is 2. The van der Waals surface area contributed by atoms with E-state index in [1.54, 1.807) is 0 Å². The highest BCUT2D eigenvalue weighted by Gasteiger charge is 2.26. The van der Waals surface area contributed by atoms with Crippen LogP contribution in [0.25, 0.3) is 0 Å². The molecule has 1 aliphatic heterocycles. The standard InChI is InChI=1S/C18H24N2O3/c1-23-18(22)14-7-9-20(10-8-14)12-17(21)19-16-6-5-13-3-2-4-15(13)11-16/h5-6,11,14H,2-4,7-10,12H2,1H3,(H,19,21). The number of nitrogens with one attached hydrogen (secondary N) is 1. The number of aryl methyl sites for hydroxylation is 2. The number of benzene rings is 1. The molecule has 23 heavy (non-hydrogen) atoms. The van der Waals surface area contributed by atoms with Crippen LogP contribution in [0.5, 0.6) is 0 Å². The fourth-order valence-corrected chi connectivity index (χ4v) is 3.55. The van der Waals surface area contributed by atoms with Crippen molar-refractivity contribution in [3.05, 3.63) is 29.3 Å². The van der Waals surface area contributed by atoms with Gasteiger partial charge in [0.15, 0.2) is 0 Å². The Hall–Kier alpha value is -1.88. The van der Waals surface area contributed by atoms with Gasteiger partial charge in [0.05, 0.1) is 19.6 Å². The summed E-state index contributed by atoms with van der Waals surface area (Å²) in [6.07, 6.45) is 5.00. The van der Waals surface area contributed by atoms with Gasteiger partial charge in [0, 0.05) is 5.69 Å². The summed E-state index contributed by atoms with van der Waals surface area (Å²) in [5, 5.41) is 2.99. The van der Waals surface area contributed by atoms with E-state index in [-0.39, 0.29) is 17.8 Å². The highest BCUT2D eigenvalue weighted by atomic mass is 16.5. The molecule has 124 valence electrons. The molecule has 5 nitrogen and oxygen atoms in total. The molecule has 0 spiro atoms. The number of esters is 1. The maximum atomic E-state index is 12.2. The molecule has 0 radical (unpaired) electrons. The molecule has 0 atom stereocenters. The molecule has 1 aromatic carbocycles. The van der Waals surface area contributed by atoms with Crippen LogP contribution in [0.15, 0.2) is 18.2 Å². The summed E-state index contributed by atoms with van der Waals surface area (Å²) in [6, 6.07) is 6.22. The third-order valence-corrected chi connectivity index (χ3v) is 4.87. The fourth-order valence-electron chi connectivity index (χ4n) is 3.55. The molecule has 1 aliphatic carbocycles. The summed E-state index contributed by atoms with van der Waals surface area (Å²) in [4.78, 5) is 25.8. The molecule has 1 amide bonds. The minimum atomic E-state index is -0.132. The Morgan fingerprint density at radius 1 is 1.22 bits per heavy atom. The predicted octanol–water partition coefficient (Wildman–Crippen LogP) is 2.00. The van der Waals surface area contributed by atoms with Crippen LogP contribution in [0.1, 0.15) is 30.4 Å². The molecule has 1 N–H and O–H groups in total. The second-order valence-electron chi connectivity index (χ2n) is 6.46. The van der Waals surface area contributed by atoms with E-state index in [2.05, 4.69) is 22.3 Å². The van der Waals surface area contributed by atoms with Crippen molar-refractivity contribution in [1.82, 2.24) is 4.90 Å². The van der Waals surface area contributed by atoms with Crippen molar-refractivity contribution < 1.29 is 14.3 Å². The van der Waals surface area contributed by atoms with Crippen molar-refractivity contribution in [2.45, 2.75) is 32.1 Å². The summed E-state index contributed by atoms with van der Waals surface area (Å²) in [7, 11) is 1.43. The van der Waals surface area contributed by atoms with Crippen molar-refractivity contribution in [3.8, 4) is 0 Å². The number of hydrogen-bond acceptors (Lipinski definition) is 4. The lowest BCUT2D eigenvalue weighted by molar-refractivity contribution is -0.147. The van der Waals surface area contributed by atoms with E-state index < -0.39 is 0 Å². The normalized spacial score (nSPS) is 18.5.